The lowest BCUT2D eigenvalue weighted by Gasteiger charge is -2.08. The van der Waals surface area contributed by atoms with E-state index >= 15 is 0 Å². The molecule has 0 aliphatic rings. The molecule has 0 unspecified atom stereocenters. The Morgan fingerprint density at radius 3 is 2.79 bits per heavy atom. The zero-order valence-corrected chi connectivity index (χ0v) is 11.9. The Kier molecular flexibility index (Phi) is 4.76. The van der Waals surface area contributed by atoms with Crippen LogP contribution >= 0.6 is 23.2 Å². The second-order valence-electron chi connectivity index (χ2n) is 4.01. The molecular formula is C12H14Cl2N4O. The highest BCUT2D eigenvalue weighted by Gasteiger charge is 2.13. The van der Waals surface area contributed by atoms with E-state index < -0.39 is 0 Å². The van der Waals surface area contributed by atoms with E-state index in [-0.39, 0.29) is 0 Å². The lowest BCUT2D eigenvalue weighted by Crippen LogP contribution is -2.10. The first-order valence-electron chi connectivity index (χ1n) is 5.70. The number of methoxy groups -OCH3 is 1. The molecule has 0 spiro atoms. The molecule has 5 nitrogen and oxygen atoms in total. The van der Waals surface area contributed by atoms with Gasteiger partial charge in [0.25, 0.3) is 0 Å². The monoisotopic (exact) mass is 300 g/mol. The molecular weight excluding hydrogens is 287 g/mol. The van der Waals surface area contributed by atoms with Crippen LogP contribution < -0.4 is 5.73 Å². The van der Waals surface area contributed by atoms with Gasteiger partial charge in [0.15, 0.2) is 0 Å². The highest BCUT2D eigenvalue weighted by Crippen LogP contribution is 2.22. The molecule has 0 saturated heterocycles. The van der Waals surface area contributed by atoms with E-state index in [0.717, 1.165) is 17.0 Å². The minimum absolute atomic E-state index is 0.326. The zero-order valence-electron chi connectivity index (χ0n) is 10.4. The fraction of sp³-hybridized carbons (Fsp3) is 0.333. The van der Waals surface area contributed by atoms with Crippen LogP contribution in [0.4, 0.5) is 0 Å². The molecule has 2 aromatic rings. The SMILES string of the molecule is COCc1c(CN)nnn1Cc1ccc(Cl)cc1Cl. The third-order valence-corrected chi connectivity index (χ3v) is 3.31. The van der Waals surface area contributed by atoms with Gasteiger partial charge in [-0.3, -0.25) is 0 Å². The maximum atomic E-state index is 6.15. The van der Waals surface area contributed by atoms with Gasteiger partial charge in [0.1, 0.15) is 5.69 Å². The molecule has 0 aliphatic heterocycles. The Bertz CT molecular complexity index is 571. The van der Waals surface area contributed by atoms with Crippen molar-refractivity contribution in [1.82, 2.24) is 15.0 Å². The molecule has 0 bridgehead atoms. The summed E-state index contributed by atoms with van der Waals surface area (Å²) in [6.07, 6.45) is 0. The van der Waals surface area contributed by atoms with Crippen molar-refractivity contribution in [2.75, 3.05) is 7.11 Å². The van der Waals surface area contributed by atoms with E-state index in [0.29, 0.717) is 29.7 Å². The Morgan fingerprint density at radius 1 is 1.37 bits per heavy atom. The lowest BCUT2D eigenvalue weighted by atomic mass is 10.2. The van der Waals surface area contributed by atoms with E-state index in [2.05, 4.69) is 10.3 Å². The van der Waals surface area contributed by atoms with Crippen LogP contribution in [0.2, 0.25) is 10.0 Å². The lowest BCUT2D eigenvalue weighted by molar-refractivity contribution is 0.176. The summed E-state index contributed by atoms with van der Waals surface area (Å²) in [5.74, 6) is 0. The van der Waals surface area contributed by atoms with Gasteiger partial charge < -0.3 is 10.5 Å². The average Bonchev–Trinajstić information content (AvgIpc) is 2.76. The van der Waals surface area contributed by atoms with E-state index in [1.807, 2.05) is 6.07 Å². The van der Waals surface area contributed by atoms with Crippen LogP contribution in [-0.4, -0.2) is 22.1 Å². The minimum Gasteiger partial charge on any atom is -0.378 e. The highest BCUT2D eigenvalue weighted by atomic mass is 35.5. The predicted octanol–water partition coefficient (Wildman–Crippen LogP) is 2.24. The summed E-state index contributed by atoms with van der Waals surface area (Å²) < 4.78 is 6.88. The number of hydrogen-bond donors (Lipinski definition) is 1. The molecule has 1 aromatic carbocycles. The van der Waals surface area contributed by atoms with Crippen LogP contribution in [0, 0.1) is 0 Å². The number of benzene rings is 1. The topological polar surface area (TPSA) is 66.0 Å². The van der Waals surface area contributed by atoms with Gasteiger partial charge in [-0.15, -0.1) is 5.10 Å². The highest BCUT2D eigenvalue weighted by molar-refractivity contribution is 6.35. The third-order valence-electron chi connectivity index (χ3n) is 2.73. The normalized spacial score (nSPS) is 10.9. The number of ether oxygens (including phenoxy) is 1. The van der Waals surface area contributed by atoms with Crippen LogP contribution in [0.15, 0.2) is 18.2 Å². The Hall–Kier alpha value is -1.14. The zero-order chi connectivity index (χ0) is 13.8. The van der Waals surface area contributed by atoms with Crippen molar-refractivity contribution in [2.24, 2.45) is 5.73 Å². The summed E-state index contributed by atoms with van der Waals surface area (Å²) in [4.78, 5) is 0. The fourth-order valence-corrected chi connectivity index (χ4v) is 2.23. The molecule has 0 atom stereocenters. The number of hydrogen-bond acceptors (Lipinski definition) is 4. The van der Waals surface area contributed by atoms with Crippen molar-refractivity contribution in [2.45, 2.75) is 19.7 Å². The molecule has 1 aromatic heterocycles. The minimum atomic E-state index is 0.326. The fourth-order valence-electron chi connectivity index (χ4n) is 1.76. The summed E-state index contributed by atoms with van der Waals surface area (Å²) in [5, 5.41) is 9.32. The van der Waals surface area contributed by atoms with E-state index in [9.17, 15) is 0 Å². The van der Waals surface area contributed by atoms with Crippen molar-refractivity contribution < 1.29 is 4.74 Å². The number of nitrogens with two attached hydrogens (primary N) is 1. The quantitative estimate of drug-likeness (QED) is 0.919. The first-order chi connectivity index (χ1) is 9.15. The van der Waals surface area contributed by atoms with E-state index in [1.165, 1.54) is 0 Å². The molecule has 0 aliphatic carbocycles. The number of halogens is 2. The summed E-state index contributed by atoms with van der Waals surface area (Å²) in [7, 11) is 1.62. The maximum absolute atomic E-state index is 6.15. The molecule has 2 N–H and O–H groups in total. The van der Waals surface area contributed by atoms with Crippen LogP contribution in [0.3, 0.4) is 0 Å². The van der Waals surface area contributed by atoms with Crippen LogP contribution in [0.1, 0.15) is 17.0 Å². The van der Waals surface area contributed by atoms with Gasteiger partial charge >= 0.3 is 0 Å². The van der Waals surface area contributed by atoms with Gasteiger partial charge in [-0.25, -0.2) is 4.68 Å². The average molecular weight is 301 g/mol. The largest absolute Gasteiger partial charge is 0.378 e. The molecule has 0 amide bonds. The number of aromatic nitrogens is 3. The molecule has 2 rings (SSSR count). The van der Waals surface area contributed by atoms with Crippen molar-refractivity contribution in [3.63, 3.8) is 0 Å². The summed E-state index contributed by atoms with van der Waals surface area (Å²) in [6.45, 7) is 1.24. The summed E-state index contributed by atoms with van der Waals surface area (Å²) in [5.41, 5.74) is 8.12. The number of rotatable bonds is 5. The smallest absolute Gasteiger partial charge is 0.102 e. The third kappa shape index (κ3) is 3.25. The van der Waals surface area contributed by atoms with Crippen LogP contribution in [0.5, 0.6) is 0 Å². The Morgan fingerprint density at radius 2 is 2.16 bits per heavy atom. The molecule has 0 saturated carbocycles. The van der Waals surface area contributed by atoms with Gasteiger partial charge in [0, 0.05) is 23.7 Å². The second kappa shape index (κ2) is 6.34. The molecule has 19 heavy (non-hydrogen) atoms. The van der Waals surface area contributed by atoms with Crippen molar-refractivity contribution in [3.05, 3.63) is 45.2 Å². The van der Waals surface area contributed by atoms with Gasteiger partial charge in [0.2, 0.25) is 0 Å². The second-order valence-corrected chi connectivity index (χ2v) is 4.86. The van der Waals surface area contributed by atoms with Gasteiger partial charge in [0.05, 0.1) is 18.8 Å². The molecule has 0 fully saturated rings. The van der Waals surface area contributed by atoms with Gasteiger partial charge in [-0.05, 0) is 17.7 Å². The molecule has 0 radical (unpaired) electrons. The predicted molar refractivity (Wildman–Crippen MR) is 74.2 cm³/mol. The van der Waals surface area contributed by atoms with Gasteiger partial charge in [-0.2, -0.15) is 0 Å². The van der Waals surface area contributed by atoms with Crippen LogP contribution in [0.25, 0.3) is 0 Å². The van der Waals surface area contributed by atoms with E-state index in [1.54, 1.807) is 23.9 Å². The first kappa shape index (κ1) is 14.3. The maximum Gasteiger partial charge on any atom is 0.102 e. The standard InChI is InChI=1S/C12H14Cl2N4O/c1-19-7-12-11(5-15)16-17-18(12)6-8-2-3-9(13)4-10(8)14/h2-4H,5-7,15H2,1H3. The van der Waals surface area contributed by atoms with Crippen LogP contribution in [-0.2, 0) is 24.4 Å². The Balaban J connectivity index is 2.29. The summed E-state index contributed by atoms with van der Waals surface area (Å²) >= 11 is 12.0. The molecule has 7 heteroatoms. The van der Waals surface area contributed by atoms with Crippen molar-refractivity contribution >= 4 is 23.2 Å². The summed E-state index contributed by atoms with van der Waals surface area (Å²) in [6, 6.07) is 5.36. The Labute approximate surface area is 121 Å². The van der Waals surface area contributed by atoms with Crippen molar-refractivity contribution in [1.29, 1.82) is 0 Å². The van der Waals surface area contributed by atoms with Gasteiger partial charge in [-0.1, -0.05) is 34.5 Å². The molecule has 1 heterocycles. The van der Waals surface area contributed by atoms with Crippen molar-refractivity contribution in [3.8, 4) is 0 Å². The number of nitrogens with zero attached hydrogens (tertiary/aromatic N) is 3. The van der Waals surface area contributed by atoms with E-state index in [4.69, 9.17) is 33.7 Å². The first-order valence-corrected chi connectivity index (χ1v) is 6.45. The molecule has 102 valence electrons.